The average molecular weight is 232 g/mol. The van der Waals surface area contributed by atoms with Crippen molar-refractivity contribution in [3.05, 3.63) is 29.3 Å². The van der Waals surface area contributed by atoms with Crippen molar-refractivity contribution in [2.45, 2.75) is 45.6 Å². The van der Waals surface area contributed by atoms with Gasteiger partial charge in [0.2, 0.25) is 0 Å². The second kappa shape index (κ2) is 6.06. The third-order valence-electron chi connectivity index (χ3n) is 3.83. The van der Waals surface area contributed by atoms with E-state index in [0.717, 1.165) is 12.2 Å². The predicted molar refractivity (Wildman–Crippen MR) is 74.0 cm³/mol. The normalized spacial score (nSPS) is 18.6. The molecule has 0 amide bonds. The summed E-state index contributed by atoms with van der Waals surface area (Å²) in [5, 5.41) is 0. The van der Waals surface area contributed by atoms with E-state index in [2.05, 4.69) is 24.0 Å². The molecule has 2 N–H and O–H groups in total. The Morgan fingerprint density at radius 2 is 1.71 bits per heavy atom. The summed E-state index contributed by atoms with van der Waals surface area (Å²) in [4.78, 5) is 2.58. The molecule has 2 heteroatoms. The van der Waals surface area contributed by atoms with Crippen LogP contribution in [-0.4, -0.2) is 18.0 Å². The molecule has 94 valence electrons. The number of anilines is 1. The monoisotopic (exact) mass is 232 g/mol. The van der Waals surface area contributed by atoms with Crippen molar-refractivity contribution < 1.29 is 0 Å². The van der Waals surface area contributed by atoms with Crippen LogP contribution in [0.25, 0.3) is 0 Å². The van der Waals surface area contributed by atoms with Gasteiger partial charge in [-0.2, -0.15) is 0 Å². The molecule has 1 aromatic rings. The highest BCUT2D eigenvalue weighted by Gasteiger charge is 2.10. The lowest BCUT2D eigenvalue weighted by Crippen LogP contribution is -2.27. The molecule has 0 atom stereocenters. The number of benzene rings is 1. The van der Waals surface area contributed by atoms with E-state index in [1.54, 1.807) is 0 Å². The zero-order valence-electron chi connectivity index (χ0n) is 10.9. The van der Waals surface area contributed by atoms with Crippen LogP contribution in [-0.2, 0) is 6.54 Å². The molecular formula is C15H24N2. The summed E-state index contributed by atoms with van der Waals surface area (Å²) in [5.41, 5.74) is 9.54. The second-order valence-electron chi connectivity index (χ2n) is 5.18. The van der Waals surface area contributed by atoms with Crippen molar-refractivity contribution in [2.75, 3.05) is 18.8 Å². The van der Waals surface area contributed by atoms with Crippen LogP contribution in [0.3, 0.4) is 0 Å². The summed E-state index contributed by atoms with van der Waals surface area (Å²) >= 11 is 0. The molecule has 1 fully saturated rings. The molecule has 0 unspecified atom stereocenters. The fraction of sp³-hybridized carbons (Fsp3) is 0.600. The van der Waals surface area contributed by atoms with E-state index in [-0.39, 0.29) is 0 Å². The van der Waals surface area contributed by atoms with E-state index in [1.807, 2.05) is 6.07 Å². The first-order valence-corrected chi connectivity index (χ1v) is 6.83. The maximum Gasteiger partial charge on any atom is 0.0346 e. The van der Waals surface area contributed by atoms with E-state index in [0.29, 0.717) is 0 Å². The Balaban J connectivity index is 2.00. The topological polar surface area (TPSA) is 29.3 Å². The molecule has 0 spiro atoms. The minimum Gasteiger partial charge on any atom is -0.399 e. The molecule has 0 aromatic heterocycles. The summed E-state index contributed by atoms with van der Waals surface area (Å²) in [6.07, 6.45) is 6.91. The molecule has 0 bridgehead atoms. The van der Waals surface area contributed by atoms with Crippen LogP contribution in [0.1, 0.15) is 43.2 Å². The Labute approximate surface area is 105 Å². The van der Waals surface area contributed by atoms with Gasteiger partial charge in [0.15, 0.2) is 0 Å². The van der Waals surface area contributed by atoms with Gasteiger partial charge in [0.25, 0.3) is 0 Å². The van der Waals surface area contributed by atoms with Gasteiger partial charge in [-0.25, -0.2) is 0 Å². The molecule has 1 saturated heterocycles. The van der Waals surface area contributed by atoms with Crippen LogP contribution in [0, 0.1) is 6.92 Å². The number of nitrogens with two attached hydrogens (primary N) is 1. The summed E-state index contributed by atoms with van der Waals surface area (Å²) in [6.45, 7) is 5.69. The SMILES string of the molecule is Cc1c(N)cccc1CN1CCCCCCC1. The first kappa shape index (κ1) is 12.4. The van der Waals surface area contributed by atoms with Gasteiger partial charge in [-0.1, -0.05) is 31.4 Å². The highest BCUT2D eigenvalue weighted by atomic mass is 15.1. The third-order valence-corrected chi connectivity index (χ3v) is 3.83. The van der Waals surface area contributed by atoms with Gasteiger partial charge in [-0.3, -0.25) is 4.90 Å². The Hall–Kier alpha value is -1.02. The van der Waals surface area contributed by atoms with Crippen molar-refractivity contribution in [2.24, 2.45) is 0 Å². The Bertz CT molecular complexity index is 352. The number of likely N-dealkylation sites (tertiary alicyclic amines) is 1. The van der Waals surface area contributed by atoms with Gasteiger partial charge in [-0.15, -0.1) is 0 Å². The molecule has 1 aromatic carbocycles. The zero-order chi connectivity index (χ0) is 12.1. The Morgan fingerprint density at radius 1 is 1.06 bits per heavy atom. The van der Waals surface area contributed by atoms with Crippen LogP contribution in [0.2, 0.25) is 0 Å². The molecular weight excluding hydrogens is 208 g/mol. The quantitative estimate of drug-likeness (QED) is 0.792. The van der Waals surface area contributed by atoms with E-state index in [9.17, 15) is 0 Å². The minimum absolute atomic E-state index is 0.926. The molecule has 1 aliphatic rings. The first-order valence-electron chi connectivity index (χ1n) is 6.83. The van der Waals surface area contributed by atoms with Crippen molar-refractivity contribution in [3.8, 4) is 0 Å². The lowest BCUT2D eigenvalue weighted by molar-refractivity contribution is 0.239. The molecule has 2 nitrogen and oxygen atoms in total. The lowest BCUT2D eigenvalue weighted by Gasteiger charge is -2.25. The highest BCUT2D eigenvalue weighted by molar-refractivity contribution is 5.49. The second-order valence-corrected chi connectivity index (χ2v) is 5.18. The number of nitrogen functional groups attached to an aromatic ring is 1. The molecule has 1 aliphatic heterocycles. The number of hydrogen-bond donors (Lipinski definition) is 1. The van der Waals surface area contributed by atoms with Crippen LogP contribution >= 0.6 is 0 Å². The summed E-state index contributed by atoms with van der Waals surface area (Å²) in [6, 6.07) is 6.28. The summed E-state index contributed by atoms with van der Waals surface area (Å²) in [7, 11) is 0. The first-order chi connectivity index (χ1) is 8.27. The zero-order valence-corrected chi connectivity index (χ0v) is 10.9. The van der Waals surface area contributed by atoms with Crippen molar-refractivity contribution in [1.82, 2.24) is 4.90 Å². The van der Waals surface area contributed by atoms with Gasteiger partial charge >= 0.3 is 0 Å². The lowest BCUT2D eigenvalue weighted by atomic mass is 10.0. The van der Waals surface area contributed by atoms with Gasteiger partial charge < -0.3 is 5.73 Å². The molecule has 2 rings (SSSR count). The van der Waals surface area contributed by atoms with Gasteiger partial charge in [0.05, 0.1) is 0 Å². The fourth-order valence-electron chi connectivity index (χ4n) is 2.59. The van der Waals surface area contributed by atoms with Crippen LogP contribution in [0.5, 0.6) is 0 Å². The van der Waals surface area contributed by atoms with Gasteiger partial charge in [0.1, 0.15) is 0 Å². The van der Waals surface area contributed by atoms with Gasteiger partial charge in [0, 0.05) is 12.2 Å². The van der Waals surface area contributed by atoms with Crippen LogP contribution in [0.15, 0.2) is 18.2 Å². The van der Waals surface area contributed by atoms with Crippen LogP contribution in [0.4, 0.5) is 5.69 Å². The van der Waals surface area contributed by atoms with E-state index >= 15 is 0 Å². The molecule has 0 aliphatic carbocycles. The maximum absolute atomic E-state index is 5.96. The van der Waals surface area contributed by atoms with Gasteiger partial charge in [-0.05, 0) is 50.0 Å². The van der Waals surface area contributed by atoms with Crippen molar-refractivity contribution in [3.63, 3.8) is 0 Å². The third kappa shape index (κ3) is 3.47. The Morgan fingerprint density at radius 3 is 2.41 bits per heavy atom. The summed E-state index contributed by atoms with van der Waals surface area (Å²) < 4.78 is 0. The molecule has 0 radical (unpaired) electrons. The summed E-state index contributed by atoms with van der Waals surface area (Å²) in [5.74, 6) is 0. The van der Waals surface area contributed by atoms with Crippen molar-refractivity contribution >= 4 is 5.69 Å². The number of hydrogen-bond acceptors (Lipinski definition) is 2. The van der Waals surface area contributed by atoms with Crippen LogP contribution < -0.4 is 5.73 Å². The van der Waals surface area contributed by atoms with E-state index < -0.39 is 0 Å². The van der Waals surface area contributed by atoms with E-state index in [4.69, 9.17) is 5.73 Å². The molecule has 17 heavy (non-hydrogen) atoms. The molecule has 0 saturated carbocycles. The standard InChI is InChI=1S/C15H24N2/c1-13-14(8-7-9-15(13)16)12-17-10-5-3-2-4-6-11-17/h7-9H,2-6,10-12,16H2,1H3. The number of nitrogens with zero attached hydrogens (tertiary/aromatic N) is 1. The predicted octanol–water partition coefficient (Wildman–Crippen LogP) is 3.34. The maximum atomic E-state index is 5.96. The van der Waals surface area contributed by atoms with E-state index in [1.165, 1.54) is 56.3 Å². The highest BCUT2D eigenvalue weighted by Crippen LogP contribution is 2.19. The smallest absolute Gasteiger partial charge is 0.0346 e. The Kier molecular flexibility index (Phi) is 4.43. The molecule has 1 heterocycles. The largest absolute Gasteiger partial charge is 0.399 e. The van der Waals surface area contributed by atoms with Crippen molar-refractivity contribution in [1.29, 1.82) is 0 Å². The minimum atomic E-state index is 0.926. The average Bonchev–Trinajstić information content (AvgIpc) is 2.28. The fourth-order valence-corrected chi connectivity index (χ4v) is 2.59. The number of rotatable bonds is 2.